The SMILES string of the molecule is O=c1[nH]c2ccccc2n1C1=CCN(S(=O)(=O)c2ccc(F)cc2)CC1. The van der Waals surface area contributed by atoms with Gasteiger partial charge in [0.15, 0.2) is 0 Å². The molecule has 2 heterocycles. The van der Waals surface area contributed by atoms with E-state index in [1.54, 1.807) is 10.6 Å². The molecule has 0 aliphatic carbocycles. The summed E-state index contributed by atoms with van der Waals surface area (Å²) in [6, 6.07) is 12.1. The number of halogens is 1. The van der Waals surface area contributed by atoms with E-state index >= 15 is 0 Å². The molecular weight excluding hydrogens is 357 g/mol. The fourth-order valence-electron chi connectivity index (χ4n) is 3.16. The van der Waals surface area contributed by atoms with E-state index in [1.165, 1.54) is 16.4 Å². The normalized spacial score (nSPS) is 16.0. The Bertz CT molecular complexity index is 1160. The summed E-state index contributed by atoms with van der Waals surface area (Å²) in [5, 5.41) is 0. The second-order valence-electron chi connectivity index (χ2n) is 6.05. The van der Waals surface area contributed by atoms with Crippen molar-refractivity contribution in [2.24, 2.45) is 0 Å². The van der Waals surface area contributed by atoms with Crippen LogP contribution in [0.2, 0.25) is 0 Å². The van der Waals surface area contributed by atoms with Gasteiger partial charge in [-0.2, -0.15) is 4.31 Å². The first-order valence-electron chi connectivity index (χ1n) is 8.12. The van der Waals surface area contributed by atoms with Crippen molar-refractivity contribution in [2.45, 2.75) is 11.3 Å². The van der Waals surface area contributed by atoms with Gasteiger partial charge in [-0.15, -0.1) is 0 Å². The van der Waals surface area contributed by atoms with Gasteiger partial charge in [-0.05, 0) is 42.5 Å². The van der Waals surface area contributed by atoms with Gasteiger partial charge in [-0.1, -0.05) is 12.1 Å². The second-order valence-corrected chi connectivity index (χ2v) is 7.98. The molecule has 2 aromatic carbocycles. The number of aromatic amines is 1. The van der Waals surface area contributed by atoms with Crippen LogP contribution in [0.4, 0.5) is 4.39 Å². The Morgan fingerprint density at radius 2 is 1.77 bits per heavy atom. The molecule has 6 nitrogen and oxygen atoms in total. The quantitative estimate of drug-likeness (QED) is 0.766. The van der Waals surface area contributed by atoms with Crippen molar-refractivity contribution in [3.8, 4) is 0 Å². The first-order chi connectivity index (χ1) is 12.5. The van der Waals surface area contributed by atoms with Crippen molar-refractivity contribution in [3.63, 3.8) is 0 Å². The molecule has 0 atom stereocenters. The molecule has 0 radical (unpaired) electrons. The number of H-pyrrole nitrogens is 1. The Morgan fingerprint density at radius 1 is 1.04 bits per heavy atom. The number of nitrogens with one attached hydrogen (secondary N) is 1. The molecule has 0 saturated carbocycles. The number of hydrogen-bond donors (Lipinski definition) is 1. The smallest absolute Gasteiger partial charge is 0.305 e. The highest BCUT2D eigenvalue weighted by atomic mass is 32.2. The van der Waals surface area contributed by atoms with Gasteiger partial charge < -0.3 is 4.98 Å². The number of rotatable bonds is 3. The van der Waals surface area contributed by atoms with Gasteiger partial charge >= 0.3 is 5.69 Å². The van der Waals surface area contributed by atoms with Crippen molar-refractivity contribution in [1.82, 2.24) is 13.9 Å². The van der Waals surface area contributed by atoms with E-state index in [0.29, 0.717) is 6.42 Å². The van der Waals surface area contributed by atoms with Gasteiger partial charge in [0.2, 0.25) is 10.0 Å². The maximum atomic E-state index is 13.0. The Kier molecular flexibility index (Phi) is 4.01. The lowest BCUT2D eigenvalue weighted by Gasteiger charge is -2.26. The zero-order valence-electron chi connectivity index (χ0n) is 13.7. The number of imidazole rings is 1. The minimum atomic E-state index is -3.70. The largest absolute Gasteiger partial charge is 0.330 e. The molecule has 1 aliphatic rings. The van der Waals surface area contributed by atoms with Crippen LogP contribution >= 0.6 is 0 Å². The third kappa shape index (κ3) is 2.77. The van der Waals surface area contributed by atoms with E-state index in [-0.39, 0.29) is 23.7 Å². The number of sulfonamides is 1. The van der Waals surface area contributed by atoms with Gasteiger partial charge in [0.25, 0.3) is 0 Å². The predicted molar refractivity (Wildman–Crippen MR) is 96.6 cm³/mol. The number of aromatic nitrogens is 2. The highest BCUT2D eigenvalue weighted by Gasteiger charge is 2.27. The average molecular weight is 373 g/mol. The lowest BCUT2D eigenvalue weighted by atomic mass is 10.2. The highest BCUT2D eigenvalue weighted by molar-refractivity contribution is 7.89. The topological polar surface area (TPSA) is 75.2 Å². The molecule has 0 saturated heterocycles. The summed E-state index contributed by atoms with van der Waals surface area (Å²) in [5.41, 5.74) is 2.02. The highest BCUT2D eigenvalue weighted by Crippen LogP contribution is 2.24. The summed E-state index contributed by atoms with van der Waals surface area (Å²) >= 11 is 0. The molecule has 1 aromatic heterocycles. The van der Waals surface area contributed by atoms with Crippen LogP contribution < -0.4 is 5.69 Å². The first-order valence-corrected chi connectivity index (χ1v) is 9.56. The lowest BCUT2D eigenvalue weighted by Crippen LogP contribution is -2.36. The molecule has 0 spiro atoms. The van der Waals surface area contributed by atoms with E-state index < -0.39 is 15.8 Å². The maximum absolute atomic E-state index is 13.0. The molecule has 26 heavy (non-hydrogen) atoms. The van der Waals surface area contributed by atoms with Gasteiger partial charge in [0, 0.05) is 25.2 Å². The maximum Gasteiger partial charge on any atom is 0.330 e. The minimum Gasteiger partial charge on any atom is -0.305 e. The van der Waals surface area contributed by atoms with Crippen molar-refractivity contribution >= 4 is 26.8 Å². The summed E-state index contributed by atoms with van der Waals surface area (Å²) in [5.74, 6) is -0.483. The molecule has 0 unspecified atom stereocenters. The molecular formula is C18H16FN3O3S. The molecule has 134 valence electrons. The third-order valence-electron chi connectivity index (χ3n) is 4.48. The molecule has 0 fully saturated rings. The number of para-hydroxylation sites is 2. The predicted octanol–water partition coefficient (Wildman–Crippen LogP) is 2.40. The number of benzene rings is 2. The average Bonchev–Trinajstić information content (AvgIpc) is 2.98. The summed E-state index contributed by atoms with van der Waals surface area (Å²) in [6.45, 7) is 0.401. The zero-order chi connectivity index (χ0) is 18.3. The van der Waals surface area contributed by atoms with Gasteiger partial charge in [0.1, 0.15) is 5.82 Å². The number of fused-ring (bicyclic) bond motifs is 1. The Labute approximate surface area is 149 Å². The van der Waals surface area contributed by atoms with Gasteiger partial charge in [-0.3, -0.25) is 4.57 Å². The van der Waals surface area contributed by atoms with E-state index in [9.17, 15) is 17.6 Å². The van der Waals surface area contributed by atoms with E-state index in [4.69, 9.17) is 0 Å². The van der Waals surface area contributed by atoms with Crippen LogP contribution in [0.1, 0.15) is 6.42 Å². The Balaban J connectivity index is 1.65. The summed E-state index contributed by atoms with van der Waals surface area (Å²) in [4.78, 5) is 15.1. The van der Waals surface area contributed by atoms with Crippen LogP contribution in [-0.2, 0) is 10.0 Å². The fourth-order valence-corrected chi connectivity index (χ4v) is 4.54. The first kappa shape index (κ1) is 16.7. The zero-order valence-corrected chi connectivity index (χ0v) is 14.5. The van der Waals surface area contributed by atoms with Crippen molar-refractivity contribution in [1.29, 1.82) is 0 Å². The molecule has 1 aliphatic heterocycles. The lowest BCUT2D eigenvalue weighted by molar-refractivity contribution is 0.437. The summed E-state index contributed by atoms with van der Waals surface area (Å²) < 4.78 is 41.3. The van der Waals surface area contributed by atoms with E-state index in [2.05, 4.69) is 4.98 Å². The Hall–Kier alpha value is -2.71. The molecule has 1 N–H and O–H groups in total. The fraction of sp³-hybridized carbons (Fsp3) is 0.167. The van der Waals surface area contributed by atoms with Gasteiger partial charge in [0.05, 0.1) is 15.9 Å². The van der Waals surface area contributed by atoms with Crippen molar-refractivity contribution in [3.05, 3.63) is 70.9 Å². The number of hydrogen-bond acceptors (Lipinski definition) is 3. The van der Waals surface area contributed by atoms with Crippen LogP contribution in [0.5, 0.6) is 0 Å². The van der Waals surface area contributed by atoms with Gasteiger partial charge in [-0.25, -0.2) is 17.6 Å². The summed E-state index contributed by atoms with van der Waals surface area (Å²) in [6.07, 6.45) is 2.15. The van der Waals surface area contributed by atoms with Crippen LogP contribution in [-0.4, -0.2) is 35.4 Å². The molecule has 4 rings (SSSR count). The Morgan fingerprint density at radius 3 is 2.46 bits per heavy atom. The summed E-state index contributed by atoms with van der Waals surface area (Å²) in [7, 11) is -3.70. The van der Waals surface area contributed by atoms with Crippen molar-refractivity contribution < 1.29 is 12.8 Å². The van der Waals surface area contributed by atoms with Crippen molar-refractivity contribution in [2.75, 3.05) is 13.1 Å². The third-order valence-corrected chi connectivity index (χ3v) is 6.36. The second kappa shape index (κ2) is 6.22. The monoisotopic (exact) mass is 373 g/mol. The van der Waals surface area contributed by atoms with Crippen LogP contribution in [0.3, 0.4) is 0 Å². The minimum absolute atomic E-state index is 0.0556. The van der Waals surface area contributed by atoms with Crippen LogP contribution in [0.25, 0.3) is 16.7 Å². The molecule has 8 heteroatoms. The number of nitrogens with zero attached hydrogens (tertiary/aromatic N) is 2. The van der Waals surface area contributed by atoms with Crippen LogP contribution in [0.15, 0.2) is 64.3 Å². The standard InChI is InChI=1S/C18H16FN3O3S/c19-13-5-7-15(8-6-13)26(24,25)21-11-9-14(10-12-21)22-17-4-2-1-3-16(17)20-18(22)23/h1-9H,10-12H2,(H,20,23). The molecule has 0 amide bonds. The van der Waals surface area contributed by atoms with E-state index in [1.807, 2.05) is 24.3 Å². The molecule has 3 aromatic rings. The van der Waals surface area contributed by atoms with E-state index in [0.717, 1.165) is 28.9 Å². The van der Waals surface area contributed by atoms with Crippen LogP contribution in [0, 0.1) is 5.82 Å². The molecule has 0 bridgehead atoms.